The van der Waals surface area contributed by atoms with Crippen LogP contribution < -0.4 is 0 Å². The van der Waals surface area contributed by atoms with E-state index in [1.165, 1.54) is 10.6 Å². The first-order chi connectivity index (χ1) is 8.61. The Kier molecular flexibility index (Phi) is 13.1. The van der Waals surface area contributed by atoms with Crippen LogP contribution in [0.25, 0.3) is 0 Å². The first-order valence-electron chi connectivity index (χ1n) is 6.41. The molecule has 0 saturated heterocycles. The Morgan fingerprint density at radius 2 is 1.61 bits per heavy atom. The van der Waals surface area contributed by atoms with Gasteiger partial charge in [-0.25, -0.2) is 4.98 Å². The van der Waals surface area contributed by atoms with Gasteiger partial charge in [0.1, 0.15) is 0 Å². The zero-order valence-electron chi connectivity index (χ0n) is 13.0. The lowest BCUT2D eigenvalue weighted by Crippen LogP contribution is -1.87. The van der Waals surface area contributed by atoms with Crippen LogP contribution in [-0.2, 0) is 7.05 Å². The standard InChI is InChI=1S/C6H10N2.C4H5NS.2C2H6/c1-5-6(2)8(3)4-7-5;1-4-2-5-3-6-4;2*1-2/h4H,1-3H3;2-3H,1H3;2*1-2H3. The lowest BCUT2D eigenvalue weighted by Gasteiger charge is -1.90. The van der Waals surface area contributed by atoms with Gasteiger partial charge in [-0.15, -0.1) is 11.3 Å². The van der Waals surface area contributed by atoms with Gasteiger partial charge in [0.25, 0.3) is 0 Å². The SMILES string of the molecule is CC.CC.Cc1cncs1.Cc1ncn(C)c1C. The number of imidazole rings is 1. The molecule has 0 aliphatic rings. The molecule has 0 unspecified atom stereocenters. The van der Waals surface area contributed by atoms with Crippen LogP contribution in [0.15, 0.2) is 18.0 Å². The minimum atomic E-state index is 1.12. The van der Waals surface area contributed by atoms with Crippen molar-refractivity contribution in [3.8, 4) is 0 Å². The molecule has 2 rings (SSSR count). The molecule has 0 N–H and O–H groups in total. The van der Waals surface area contributed by atoms with Crippen LogP contribution in [0.1, 0.15) is 44.0 Å². The number of aromatic nitrogens is 3. The van der Waals surface area contributed by atoms with E-state index in [1.807, 2.05) is 71.2 Å². The number of rotatable bonds is 0. The summed E-state index contributed by atoms with van der Waals surface area (Å²) in [5.41, 5.74) is 4.19. The minimum Gasteiger partial charge on any atom is -0.338 e. The van der Waals surface area contributed by atoms with Crippen molar-refractivity contribution in [3.63, 3.8) is 0 Å². The van der Waals surface area contributed by atoms with Crippen molar-refractivity contribution in [1.82, 2.24) is 14.5 Å². The molecular formula is C14H27N3S. The van der Waals surface area contributed by atoms with Gasteiger partial charge in [-0.1, -0.05) is 27.7 Å². The Hall–Kier alpha value is -1.16. The molecule has 0 bridgehead atoms. The molecule has 0 aliphatic carbocycles. The average molecular weight is 269 g/mol. The third kappa shape index (κ3) is 8.01. The Bertz CT molecular complexity index is 358. The molecule has 3 nitrogen and oxygen atoms in total. The fourth-order valence-corrected chi connectivity index (χ4v) is 1.30. The zero-order valence-corrected chi connectivity index (χ0v) is 13.8. The summed E-state index contributed by atoms with van der Waals surface area (Å²) in [6, 6.07) is 0. The zero-order chi connectivity index (χ0) is 14.6. The normalized spacial score (nSPS) is 8.00. The largest absolute Gasteiger partial charge is 0.338 e. The molecule has 0 aromatic carbocycles. The van der Waals surface area contributed by atoms with Crippen molar-refractivity contribution in [2.24, 2.45) is 7.05 Å². The first-order valence-corrected chi connectivity index (χ1v) is 7.29. The van der Waals surface area contributed by atoms with E-state index in [4.69, 9.17) is 0 Å². The van der Waals surface area contributed by atoms with E-state index in [0.29, 0.717) is 0 Å². The molecule has 0 spiro atoms. The fraction of sp³-hybridized carbons (Fsp3) is 0.571. The fourth-order valence-electron chi connectivity index (χ4n) is 0.888. The molecule has 18 heavy (non-hydrogen) atoms. The summed E-state index contributed by atoms with van der Waals surface area (Å²) in [5, 5.41) is 0. The van der Waals surface area contributed by atoms with E-state index in [9.17, 15) is 0 Å². The van der Waals surface area contributed by atoms with Crippen molar-refractivity contribution >= 4 is 11.3 Å². The molecule has 0 aliphatic heterocycles. The number of hydrogen-bond donors (Lipinski definition) is 0. The quantitative estimate of drug-likeness (QED) is 0.703. The van der Waals surface area contributed by atoms with Crippen molar-refractivity contribution in [1.29, 1.82) is 0 Å². The van der Waals surface area contributed by atoms with Crippen molar-refractivity contribution < 1.29 is 0 Å². The van der Waals surface area contributed by atoms with Crippen LogP contribution in [0.3, 0.4) is 0 Å². The third-order valence-corrected chi connectivity index (χ3v) is 2.74. The molecular weight excluding hydrogens is 242 g/mol. The van der Waals surface area contributed by atoms with Gasteiger partial charge in [0.05, 0.1) is 17.5 Å². The molecule has 2 aromatic rings. The van der Waals surface area contributed by atoms with E-state index >= 15 is 0 Å². The molecule has 0 radical (unpaired) electrons. The highest BCUT2D eigenvalue weighted by molar-refractivity contribution is 7.09. The van der Waals surface area contributed by atoms with Gasteiger partial charge in [0.15, 0.2) is 0 Å². The van der Waals surface area contributed by atoms with Crippen LogP contribution in [0.4, 0.5) is 0 Å². The topological polar surface area (TPSA) is 30.7 Å². The van der Waals surface area contributed by atoms with Crippen LogP contribution >= 0.6 is 11.3 Å². The molecule has 4 heteroatoms. The maximum Gasteiger partial charge on any atom is 0.0948 e. The Morgan fingerprint density at radius 3 is 1.72 bits per heavy atom. The predicted molar refractivity (Wildman–Crippen MR) is 82.2 cm³/mol. The van der Waals surface area contributed by atoms with Gasteiger partial charge < -0.3 is 4.57 Å². The molecule has 104 valence electrons. The number of aryl methyl sites for hydroxylation is 3. The summed E-state index contributed by atoms with van der Waals surface area (Å²) in [4.78, 5) is 9.19. The van der Waals surface area contributed by atoms with Gasteiger partial charge >= 0.3 is 0 Å². The second-order valence-corrected chi connectivity index (χ2v) is 4.23. The van der Waals surface area contributed by atoms with Gasteiger partial charge in [-0.2, -0.15) is 0 Å². The third-order valence-electron chi connectivity index (χ3n) is 2.03. The highest BCUT2D eigenvalue weighted by Crippen LogP contribution is 2.00. The summed E-state index contributed by atoms with van der Waals surface area (Å²) < 4.78 is 2.01. The van der Waals surface area contributed by atoms with Crippen molar-refractivity contribution in [3.05, 3.63) is 34.3 Å². The molecule has 2 aromatic heterocycles. The van der Waals surface area contributed by atoms with E-state index in [2.05, 4.69) is 16.9 Å². The van der Waals surface area contributed by atoms with Crippen LogP contribution in [0.5, 0.6) is 0 Å². The predicted octanol–water partition coefficient (Wildman–Crippen LogP) is 4.54. The highest BCUT2D eigenvalue weighted by Gasteiger charge is 1.93. The van der Waals surface area contributed by atoms with Crippen LogP contribution in [-0.4, -0.2) is 14.5 Å². The summed E-state index contributed by atoms with van der Waals surface area (Å²) in [6.07, 6.45) is 3.68. The van der Waals surface area contributed by atoms with Crippen molar-refractivity contribution in [2.75, 3.05) is 0 Å². The summed E-state index contributed by atoms with van der Waals surface area (Å²) in [5.74, 6) is 0. The monoisotopic (exact) mass is 269 g/mol. The molecule has 2 heterocycles. The highest BCUT2D eigenvalue weighted by atomic mass is 32.1. The van der Waals surface area contributed by atoms with Crippen LogP contribution in [0.2, 0.25) is 0 Å². The summed E-state index contributed by atoms with van der Waals surface area (Å²) in [6.45, 7) is 14.1. The van der Waals surface area contributed by atoms with E-state index < -0.39 is 0 Å². The smallest absolute Gasteiger partial charge is 0.0948 e. The Labute approximate surface area is 116 Å². The molecule has 0 amide bonds. The average Bonchev–Trinajstić information content (AvgIpc) is 3.00. The number of nitrogens with zero attached hydrogens (tertiary/aromatic N) is 3. The van der Waals surface area contributed by atoms with Gasteiger partial charge in [-0.3, -0.25) is 4.98 Å². The molecule has 0 atom stereocenters. The summed E-state index contributed by atoms with van der Waals surface area (Å²) >= 11 is 1.67. The van der Waals surface area contributed by atoms with Crippen molar-refractivity contribution in [2.45, 2.75) is 48.5 Å². The Morgan fingerprint density at radius 1 is 1.06 bits per heavy atom. The van der Waals surface area contributed by atoms with E-state index in [0.717, 1.165) is 5.69 Å². The minimum absolute atomic E-state index is 1.12. The maximum absolute atomic E-state index is 4.08. The number of thiazole rings is 1. The van der Waals surface area contributed by atoms with Crippen LogP contribution in [0, 0.1) is 20.8 Å². The van der Waals surface area contributed by atoms with Gasteiger partial charge in [-0.05, 0) is 20.8 Å². The lowest BCUT2D eigenvalue weighted by atomic mass is 10.4. The van der Waals surface area contributed by atoms with Gasteiger partial charge in [0, 0.05) is 23.8 Å². The van der Waals surface area contributed by atoms with Gasteiger partial charge in [0.2, 0.25) is 0 Å². The van der Waals surface area contributed by atoms with E-state index in [-0.39, 0.29) is 0 Å². The number of hydrogen-bond acceptors (Lipinski definition) is 3. The summed E-state index contributed by atoms with van der Waals surface area (Å²) in [7, 11) is 2.00. The van der Waals surface area contributed by atoms with E-state index in [1.54, 1.807) is 11.3 Å². The first kappa shape index (κ1) is 19.2. The second kappa shape index (κ2) is 12.3. The second-order valence-electron chi connectivity index (χ2n) is 3.14. The Balaban J connectivity index is 0. The molecule has 0 saturated carbocycles. The maximum atomic E-state index is 4.08. The molecule has 0 fully saturated rings. The lowest BCUT2D eigenvalue weighted by molar-refractivity contribution is 0.871.